The van der Waals surface area contributed by atoms with Gasteiger partial charge in [-0.15, -0.1) is 0 Å². The number of carbonyl (C=O) groups is 1. The lowest BCUT2D eigenvalue weighted by molar-refractivity contribution is -0.126. The Morgan fingerprint density at radius 1 is 0.950 bits per heavy atom. The smallest absolute Gasteiger partial charge is 0.296 e. The van der Waals surface area contributed by atoms with E-state index in [-0.39, 0.29) is 29.7 Å². The van der Waals surface area contributed by atoms with E-state index >= 15 is 0 Å². The summed E-state index contributed by atoms with van der Waals surface area (Å²) >= 11 is 0. The van der Waals surface area contributed by atoms with Gasteiger partial charge in [0.15, 0.2) is 5.82 Å². The lowest BCUT2D eigenvalue weighted by Crippen LogP contribution is -2.45. The second-order valence-electron chi connectivity index (χ2n) is 10.8. The number of alkyl halides is 2. The van der Waals surface area contributed by atoms with Gasteiger partial charge in [-0.05, 0) is 63.7 Å². The van der Waals surface area contributed by atoms with Gasteiger partial charge in [0.05, 0.1) is 24.2 Å². The zero-order valence-corrected chi connectivity index (χ0v) is 22.5. The van der Waals surface area contributed by atoms with Crippen molar-refractivity contribution in [3.05, 3.63) is 36.2 Å². The second kappa shape index (κ2) is 12.0. The number of piperidine rings is 1. The van der Waals surface area contributed by atoms with Crippen LogP contribution in [0, 0.1) is 5.92 Å². The molecule has 3 aromatic rings. The topological polar surface area (TPSA) is 109 Å². The molecule has 40 heavy (non-hydrogen) atoms. The average Bonchev–Trinajstić information content (AvgIpc) is 3.39. The van der Waals surface area contributed by atoms with Gasteiger partial charge in [-0.25, -0.2) is 13.8 Å². The molecule has 2 aromatic heterocycles. The lowest BCUT2D eigenvalue weighted by atomic mass is 9.90. The Morgan fingerprint density at radius 2 is 1.65 bits per heavy atom. The Morgan fingerprint density at radius 3 is 2.40 bits per heavy atom. The van der Waals surface area contributed by atoms with Gasteiger partial charge in [0.1, 0.15) is 11.6 Å². The Hall–Kier alpha value is -3.38. The summed E-state index contributed by atoms with van der Waals surface area (Å²) in [6.07, 6.45) is 2.46. The van der Waals surface area contributed by atoms with Crippen molar-refractivity contribution in [1.29, 1.82) is 0 Å². The number of rotatable bonds is 7. The fourth-order valence-corrected chi connectivity index (χ4v) is 5.96. The first-order chi connectivity index (χ1) is 19.5. The van der Waals surface area contributed by atoms with Gasteiger partial charge in [-0.3, -0.25) is 9.36 Å². The van der Waals surface area contributed by atoms with Gasteiger partial charge >= 0.3 is 0 Å². The van der Waals surface area contributed by atoms with Crippen LogP contribution in [0.25, 0.3) is 16.9 Å². The number of amides is 1. The number of fused-ring (bicyclic) bond motifs is 1. The number of para-hydroxylation sites is 2. The van der Waals surface area contributed by atoms with Gasteiger partial charge in [-0.1, -0.05) is 12.1 Å². The average molecular weight is 555 g/mol. The van der Waals surface area contributed by atoms with Gasteiger partial charge in [0.2, 0.25) is 11.9 Å². The molecule has 12 heteroatoms. The van der Waals surface area contributed by atoms with Crippen LogP contribution in [-0.4, -0.2) is 76.9 Å². The third-order valence-corrected chi connectivity index (χ3v) is 8.16. The van der Waals surface area contributed by atoms with E-state index in [1.165, 1.54) is 4.57 Å². The SMILES string of the molecule is O=C(NC1CCC(Nc2nc(N3CCOCC3)cc(-n3c(C(F)F)nc4ccccc43)n2)CC1)C1CCNCC1. The standard InChI is InChI=1S/C28H36F2N8O2/c29-25(30)26-34-21-3-1-2-4-22(21)38(26)24-17-23(37-13-15-40-16-14-37)35-28(36-24)33-20-7-5-19(6-8-20)32-27(39)18-9-11-31-12-10-18/h1-4,17-20,25,31H,5-16H2,(H,32,39)(H,33,35,36). The molecule has 3 N–H and O–H groups in total. The van der Waals surface area contributed by atoms with E-state index < -0.39 is 6.43 Å². The summed E-state index contributed by atoms with van der Waals surface area (Å²) in [6, 6.07) is 9.13. The molecule has 10 nitrogen and oxygen atoms in total. The monoisotopic (exact) mass is 554 g/mol. The maximum Gasteiger partial charge on any atom is 0.296 e. The van der Waals surface area contributed by atoms with Crippen molar-refractivity contribution in [3.8, 4) is 5.82 Å². The van der Waals surface area contributed by atoms with Crippen LogP contribution >= 0.6 is 0 Å². The quantitative estimate of drug-likeness (QED) is 0.408. The van der Waals surface area contributed by atoms with Crippen molar-refractivity contribution < 1.29 is 18.3 Å². The molecule has 0 unspecified atom stereocenters. The molecule has 3 fully saturated rings. The molecule has 0 atom stereocenters. The lowest BCUT2D eigenvalue weighted by Gasteiger charge is -2.32. The van der Waals surface area contributed by atoms with Gasteiger partial charge in [0.25, 0.3) is 6.43 Å². The number of hydrogen-bond acceptors (Lipinski definition) is 8. The summed E-state index contributed by atoms with van der Waals surface area (Å²) < 4.78 is 35.2. The van der Waals surface area contributed by atoms with E-state index in [2.05, 4.69) is 25.8 Å². The van der Waals surface area contributed by atoms with Gasteiger partial charge in [-0.2, -0.15) is 9.97 Å². The number of imidazole rings is 1. The Bertz CT molecular complexity index is 1310. The Labute approximate surface area is 231 Å². The number of ether oxygens (including phenoxy) is 1. The first kappa shape index (κ1) is 26.8. The number of nitrogens with one attached hydrogen (secondary N) is 3. The fourth-order valence-electron chi connectivity index (χ4n) is 5.96. The molecule has 0 spiro atoms. The zero-order valence-electron chi connectivity index (χ0n) is 22.5. The predicted molar refractivity (Wildman–Crippen MR) is 148 cm³/mol. The summed E-state index contributed by atoms with van der Waals surface area (Å²) in [5, 5.41) is 10.0. The molecule has 2 aliphatic heterocycles. The molecule has 1 aromatic carbocycles. The maximum atomic E-state index is 14.1. The molecule has 1 saturated carbocycles. The number of morpholine rings is 1. The minimum atomic E-state index is -2.76. The molecule has 0 radical (unpaired) electrons. The van der Waals surface area contributed by atoms with Crippen LogP contribution in [-0.2, 0) is 9.53 Å². The van der Waals surface area contributed by atoms with Crippen LogP contribution in [0.2, 0.25) is 0 Å². The molecule has 2 saturated heterocycles. The van der Waals surface area contributed by atoms with E-state index in [4.69, 9.17) is 14.7 Å². The van der Waals surface area contributed by atoms with Gasteiger partial charge < -0.3 is 25.6 Å². The molecule has 214 valence electrons. The largest absolute Gasteiger partial charge is 0.378 e. The van der Waals surface area contributed by atoms with Gasteiger partial charge in [0, 0.05) is 37.2 Å². The second-order valence-corrected chi connectivity index (χ2v) is 10.8. The fraction of sp³-hybridized carbons (Fsp3) is 0.571. The molecular formula is C28H36F2N8O2. The van der Waals surface area contributed by atoms with Crippen molar-refractivity contribution in [2.75, 3.05) is 49.6 Å². The van der Waals surface area contributed by atoms with Crippen LogP contribution in [0.5, 0.6) is 0 Å². The first-order valence-electron chi connectivity index (χ1n) is 14.3. The number of carbonyl (C=O) groups excluding carboxylic acids is 1. The van der Waals surface area contributed by atoms with Crippen molar-refractivity contribution in [2.45, 2.75) is 57.0 Å². The van der Waals surface area contributed by atoms with Crippen molar-refractivity contribution >= 4 is 28.7 Å². The molecule has 6 rings (SSSR count). The van der Waals surface area contributed by atoms with Crippen molar-refractivity contribution in [1.82, 2.24) is 30.2 Å². The molecular weight excluding hydrogens is 518 g/mol. The highest BCUT2D eigenvalue weighted by molar-refractivity contribution is 5.79. The summed E-state index contributed by atoms with van der Waals surface area (Å²) in [7, 11) is 0. The third kappa shape index (κ3) is 5.87. The number of anilines is 2. The molecule has 1 amide bonds. The number of nitrogens with zero attached hydrogens (tertiary/aromatic N) is 5. The van der Waals surface area contributed by atoms with Crippen LogP contribution in [0.4, 0.5) is 20.5 Å². The third-order valence-electron chi connectivity index (χ3n) is 8.16. The minimum Gasteiger partial charge on any atom is -0.378 e. The predicted octanol–water partition coefficient (Wildman–Crippen LogP) is 3.43. The molecule has 1 aliphatic carbocycles. The summed E-state index contributed by atoms with van der Waals surface area (Å²) in [5.74, 6) is 1.35. The van der Waals surface area contributed by atoms with Crippen molar-refractivity contribution in [3.63, 3.8) is 0 Å². The summed E-state index contributed by atoms with van der Waals surface area (Å²) in [6.45, 7) is 4.26. The van der Waals surface area contributed by atoms with Crippen LogP contribution in [0.1, 0.15) is 50.8 Å². The number of hydrogen-bond donors (Lipinski definition) is 3. The van der Waals surface area contributed by atoms with Crippen LogP contribution in [0.15, 0.2) is 30.3 Å². The highest BCUT2D eigenvalue weighted by Gasteiger charge is 2.28. The zero-order chi connectivity index (χ0) is 27.5. The highest BCUT2D eigenvalue weighted by Crippen LogP contribution is 2.30. The minimum absolute atomic E-state index is 0.101. The van der Waals surface area contributed by atoms with E-state index in [9.17, 15) is 13.6 Å². The number of halogens is 2. The Kier molecular flexibility index (Phi) is 8.05. The summed E-state index contributed by atoms with van der Waals surface area (Å²) in [4.78, 5) is 28.5. The maximum absolute atomic E-state index is 14.1. The van der Waals surface area contributed by atoms with E-state index in [0.717, 1.165) is 51.6 Å². The normalized spacial score (nSPS) is 22.5. The van der Waals surface area contributed by atoms with E-state index in [1.807, 2.05) is 0 Å². The van der Waals surface area contributed by atoms with E-state index in [0.29, 0.717) is 54.9 Å². The van der Waals surface area contributed by atoms with Crippen LogP contribution in [0.3, 0.4) is 0 Å². The molecule has 3 aliphatic rings. The molecule has 0 bridgehead atoms. The number of benzene rings is 1. The van der Waals surface area contributed by atoms with E-state index in [1.54, 1.807) is 30.3 Å². The van der Waals surface area contributed by atoms with Crippen LogP contribution < -0.4 is 20.9 Å². The first-order valence-corrected chi connectivity index (χ1v) is 14.3. The summed E-state index contributed by atoms with van der Waals surface area (Å²) in [5.41, 5.74) is 1.06. The molecule has 4 heterocycles. The van der Waals surface area contributed by atoms with Crippen molar-refractivity contribution in [2.24, 2.45) is 5.92 Å². The highest BCUT2D eigenvalue weighted by atomic mass is 19.3. The Balaban J connectivity index is 1.22. The number of aromatic nitrogens is 4.